The molecule has 0 fully saturated rings. The molecule has 0 spiro atoms. The smallest absolute Gasteiger partial charge is 0.267 e. The van der Waals surface area contributed by atoms with E-state index >= 15 is 0 Å². The topological polar surface area (TPSA) is 69.2 Å². The first-order chi connectivity index (χ1) is 14.8. The number of fused-ring (bicyclic) bond motifs is 1. The van der Waals surface area contributed by atoms with Crippen LogP contribution in [0.25, 0.3) is 22.0 Å². The number of thiazole rings is 1. The average molecular weight is 461 g/mol. The largest absolute Gasteiger partial charge is 0.496 e. The summed E-state index contributed by atoms with van der Waals surface area (Å²) in [5.41, 5.74) is 1.65. The number of benzene rings is 2. The van der Waals surface area contributed by atoms with Gasteiger partial charge in [-0.15, -0.1) is 11.3 Å². The zero-order valence-electron chi connectivity index (χ0n) is 16.7. The maximum atomic E-state index is 13.3. The van der Waals surface area contributed by atoms with Gasteiger partial charge in [0.25, 0.3) is 6.43 Å². The maximum absolute atomic E-state index is 13.3. The Morgan fingerprint density at radius 2 is 1.90 bits per heavy atom. The van der Waals surface area contributed by atoms with Gasteiger partial charge < -0.3 is 4.74 Å². The third kappa shape index (κ3) is 4.15. The van der Waals surface area contributed by atoms with Crippen LogP contribution in [0, 0.1) is 6.92 Å². The van der Waals surface area contributed by atoms with Crippen LogP contribution in [0.3, 0.4) is 0 Å². The average Bonchev–Trinajstić information content (AvgIpc) is 3.25. The van der Waals surface area contributed by atoms with Crippen molar-refractivity contribution in [3.8, 4) is 17.0 Å². The number of rotatable bonds is 6. The molecule has 31 heavy (non-hydrogen) atoms. The number of alkyl halides is 2. The maximum Gasteiger partial charge on any atom is 0.267 e. The van der Waals surface area contributed by atoms with Crippen LogP contribution in [0.1, 0.15) is 22.6 Å². The summed E-state index contributed by atoms with van der Waals surface area (Å²) in [5, 5.41) is 3.66. The molecule has 2 heterocycles. The number of pyridine rings is 1. The molecule has 0 aliphatic heterocycles. The molecule has 2 aromatic carbocycles. The summed E-state index contributed by atoms with van der Waals surface area (Å²) in [6.45, 7) is 1.73. The molecule has 0 aliphatic carbocycles. The van der Waals surface area contributed by atoms with Gasteiger partial charge >= 0.3 is 0 Å². The molecule has 0 unspecified atom stereocenters. The minimum atomic E-state index is -3.56. The molecule has 4 rings (SSSR count). The summed E-state index contributed by atoms with van der Waals surface area (Å²) in [4.78, 5) is 8.68. The van der Waals surface area contributed by atoms with Crippen molar-refractivity contribution < 1.29 is 21.9 Å². The molecule has 0 radical (unpaired) electrons. The lowest BCUT2D eigenvalue weighted by Gasteiger charge is -2.14. The Hall–Kier alpha value is -2.91. The molecule has 4 aromatic rings. The summed E-state index contributed by atoms with van der Waals surface area (Å²) in [5.74, 6) is -0.0866. The molecule has 5 nitrogen and oxygen atoms in total. The molecule has 0 amide bonds. The highest BCUT2D eigenvalue weighted by Gasteiger charge is 2.20. The van der Waals surface area contributed by atoms with E-state index in [1.54, 1.807) is 49.0 Å². The summed E-state index contributed by atoms with van der Waals surface area (Å²) < 4.78 is 57.4. The van der Waals surface area contributed by atoms with Crippen molar-refractivity contribution in [2.45, 2.75) is 24.0 Å². The zero-order valence-corrected chi connectivity index (χ0v) is 18.3. The quantitative estimate of drug-likeness (QED) is 0.375. The third-order valence-corrected chi connectivity index (χ3v) is 7.55. The van der Waals surface area contributed by atoms with Crippen LogP contribution in [0.2, 0.25) is 0 Å². The van der Waals surface area contributed by atoms with Crippen LogP contribution in [-0.4, -0.2) is 25.5 Å². The molecule has 160 valence electrons. The van der Waals surface area contributed by atoms with Crippen molar-refractivity contribution >= 4 is 31.9 Å². The lowest BCUT2D eigenvalue weighted by molar-refractivity contribution is 0.147. The van der Waals surface area contributed by atoms with Gasteiger partial charge in [-0.2, -0.15) is 0 Å². The highest BCUT2D eigenvalue weighted by Crippen LogP contribution is 2.37. The van der Waals surface area contributed by atoms with Gasteiger partial charge in [0.2, 0.25) is 0 Å². The SMILES string of the molecule is COc1cc(-c2nccc3cc(S(=O)(=O)Cc4nccs4)ccc23)c(C)cc1C(F)F. The second kappa shape index (κ2) is 8.32. The molecular weight excluding hydrogens is 442 g/mol. The van der Waals surface area contributed by atoms with E-state index in [0.717, 1.165) is 0 Å². The van der Waals surface area contributed by atoms with Gasteiger partial charge in [-0.3, -0.25) is 4.98 Å². The lowest BCUT2D eigenvalue weighted by Crippen LogP contribution is -2.05. The van der Waals surface area contributed by atoms with E-state index in [1.165, 1.54) is 30.6 Å². The molecule has 9 heteroatoms. The first kappa shape index (κ1) is 21.3. The number of sulfone groups is 1. The van der Waals surface area contributed by atoms with Crippen LogP contribution in [0.5, 0.6) is 5.75 Å². The molecular formula is C22H18F2N2O3S2. The number of methoxy groups -OCH3 is 1. The number of aromatic nitrogens is 2. The predicted molar refractivity (Wildman–Crippen MR) is 116 cm³/mol. The Kier molecular flexibility index (Phi) is 5.72. The van der Waals surface area contributed by atoms with Crippen molar-refractivity contribution in [3.05, 3.63) is 70.3 Å². The first-order valence-corrected chi connectivity index (χ1v) is 11.8. The Bertz CT molecular complexity index is 1350. The standard InChI is InChI=1S/C22H18F2N2O3S2/c1-13-9-18(22(23)24)19(29-2)11-17(13)21-16-4-3-15(10-14(16)5-6-26-21)31(27,28)12-20-25-7-8-30-20/h3-11,22H,12H2,1-2H3. The fraction of sp³-hybridized carbons (Fsp3) is 0.182. The minimum Gasteiger partial charge on any atom is -0.496 e. The first-order valence-electron chi connectivity index (χ1n) is 9.27. The summed E-state index contributed by atoms with van der Waals surface area (Å²) in [7, 11) is -2.22. The van der Waals surface area contributed by atoms with E-state index in [4.69, 9.17) is 4.74 Å². The number of nitrogens with zero attached hydrogens (tertiary/aromatic N) is 2. The lowest BCUT2D eigenvalue weighted by atomic mass is 9.97. The van der Waals surface area contributed by atoms with Gasteiger partial charge in [0, 0.05) is 28.7 Å². The number of hydrogen-bond donors (Lipinski definition) is 0. The third-order valence-electron chi connectivity index (χ3n) is 4.96. The van der Waals surface area contributed by atoms with Crippen molar-refractivity contribution in [2.24, 2.45) is 0 Å². The molecule has 0 bridgehead atoms. The normalized spacial score (nSPS) is 11.9. The zero-order chi connectivity index (χ0) is 22.2. The van der Waals surface area contributed by atoms with E-state index in [-0.39, 0.29) is 22.0 Å². The van der Waals surface area contributed by atoms with Gasteiger partial charge in [0.05, 0.1) is 23.3 Å². The second-order valence-corrected chi connectivity index (χ2v) is 9.91. The van der Waals surface area contributed by atoms with Crippen molar-refractivity contribution in [1.29, 1.82) is 0 Å². The fourth-order valence-corrected chi connectivity index (χ4v) is 5.73. The Morgan fingerprint density at radius 1 is 1.10 bits per heavy atom. The second-order valence-electron chi connectivity index (χ2n) is 6.94. The van der Waals surface area contributed by atoms with Crippen molar-refractivity contribution in [1.82, 2.24) is 9.97 Å². The van der Waals surface area contributed by atoms with Gasteiger partial charge in [0.1, 0.15) is 16.5 Å². The summed E-state index contributed by atoms with van der Waals surface area (Å²) in [6.07, 6.45) is 0.486. The molecule has 0 saturated carbocycles. The van der Waals surface area contributed by atoms with Gasteiger partial charge in [-0.25, -0.2) is 22.2 Å². The molecule has 0 atom stereocenters. The molecule has 0 saturated heterocycles. The predicted octanol–water partition coefficient (Wildman–Crippen LogP) is 5.59. The van der Waals surface area contributed by atoms with Gasteiger partial charge in [-0.1, -0.05) is 6.07 Å². The van der Waals surface area contributed by atoms with Crippen LogP contribution < -0.4 is 4.74 Å². The Balaban J connectivity index is 1.81. The Morgan fingerprint density at radius 3 is 2.58 bits per heavy atom. The summed E-state index contributed by atoms with van der Waals surface area (Å²) in [6, 6.07) is 9.50. The van der Waals surface area contributed by atoms with E-state index in [9.17, 15) is 17.2 Å². The van der Waals surface area contributed by atoms with Crippen LogP contribution in [-0.2, 0) is 15.6 Å². The van der Waals surface area contributed by atoms with E-state index in [2.05, 4.69) is 9.97 Å². The highest BCUT2D eigenvalue weighted by atomic mass is 32.2. The van der Waals surface area contributed by atoms with E-state index in [0.29, 0.717) is 32.6 Å². The van der Waals surface area contributed by atoms with Crippen LogP contribution in [0.4, 0.5) is 8.78 Å². The highest BCUT2D eigenvalue weighted by molar-refractivity contribution is 7.90. The van der Waals surface area contributed by atoms with Crippen molar-refractivity contribution in [2.75, 3.05) is 7.11 Å². The number of aryl methyl sites for hydroxylation is 1. The monoisotopic (exact) mass is 460 g/mol. The fourth-order valence-electron chi connectivity index (χ4n) is 3.45. The van der Waals surface area contributed by atoms with Crippen LogP contribution >= 0.6 is 11.3 Å². The minimum absolute atomic E-state index is 0.0806. The van der Waals surface area contributed by atoms with Crippen molar-refractivity contribution in [3.63, 3.8) is 0 Å². The van der Waals surface area contributed by atoms with Gasteiger partial charge in [-0.05, 0) is 48.2 Å². The molecule has 2 aromatic heterocycles. The number of halogens is 2. The number of ether oxygens (including phenoxy) is 1. The molecule has 0 aliphatic rings. The van der Waals surface area contributed by atoms with Gasteiger partial charge in [0.15, 0.2) is 9.84 Å². The summed E-state index contributed by atoms with van der Waals surface area (Å²) >= 11 is 1.29. The van der Waals surface area contributed by atoms with E-state index < -0.39 is 16.3 Å². The van der Waals surface area contributed by atoms with Crippen LogP contribution in [0.15, 0.2) is 59.1 Å². The molecule has 0 N–H and O–H groups in total. The van der Waals surface area contributed by atoms with E-state index in [1.807, 2.05) is 0 Å². The number of hydrogen-bond acceptors (Lipinski definition) is 6. The Labute approximate surface area is 182 Å².